The van der Waals surface area contributed by atoms with Gasteiger partial charge in [-0.25, -0.2) is 4.79 Å². The molecule has 27 heavy (non-hydrogen) atoms. The Kier molecular flexibility index (Phi) is 5.90. The number of nitrogens with one attached hydrogen (secondary N) is 1. The van der Waals surface area contributed by atoms with Gasteiger partial charge in [0, 0.05) is 6.20 Å². The van der Waals surface area contributed by atoms with Crippen molar-refractivity contribution in [3.8, 4) is 0 Å². The molecular weight excluding hydrogens is 368 g/mol. The van der Waals surface area contributed by atoms with Crippen molar-refractivity contribution in [2.45, 2.75) is 6.54 Å². The van der Waals surface area contributed by atoms with Gasteiger partial charge in [0.2, 0.25) is 0 Å². The molecular formula is C19H20N2O5S. The smallest absolute Gasteiger partial charge is 0.357 e. The first-order valence-corrected chi connectivity index (χ1v) is 10.2. The zero-order chi connectivity index (χ0) is 19.3. The van der Waals surface area contributed by atoms with Crippen LogP contribution in [0, 0.1) is 0 Å². The molecule has 1 heterocycles. The molecule has 0 amide bonds. The van der Waals surface area contributed by atoms with Crippen LogP contribution < -0.4 is 0 Å². The van der Waals surface area contributed by atoms with Crippen molar-refractivity contribution in [3.63, 3.8) is 0 Å². The molecule has 0 radical (unpaired) electrons. The molecule has 0 spiro atoms. The molecule has 0 bridgehead atoms. The number of carbonyl (C=O) groups is 1. The first kappa shape index (κ1) is 19.1. The summed E-state index contributed by atoms with van der Waals surface area (Å²) in [5.41, 5.74) is 2.25. The van der Waals surface area contributed by atoms with Gasteiger partial charge in [-0.15, -0.1) is 5.06 Å². The summed E-state index contributed by atoms with van der Waals surface area (Å²) in [5, 5.41) is 2.44. The molecule has 3 rings (SSSR count). The van der Waals surface area contributed by atoms with Gasteiger partial charge in [-0.2, -0.15) is 8.42 Å². The van der Waals surface area contributed by atoms with Crippen molar-refractivity contribution >= 4 is 27.0 Å². The number of para-hydroxylation sites is 1. The van der Waals surface area contributed by atoms with E-state index in [2.05, 4.69) is 4.98 Å². The number of rotatable bonds is 8. The van der Waals surface area contributed by atoms with Gasteiger partial charge in [0.1, 0.15) is 0 Å². The molecule has 8 heteroatoms. The second kappa shape index (κ2) is 8.34. The van der Waals surface area contributed by atoms with Crippen molar-refractivity contribution in [3.05, 3.63) is 71.9 Å². The summed E-state index contributed by atoms with van der Waals surface area (Å²) < 4.78 is 27.2. The predicted octanol–water partition coefficient (Wildman–Crippen LogP) is 2.72. The molecule has 0 fully saturated rings. The molecule has 0 saturated carbocycles. The topological polar surface area (TPSA) is 88.7 Å². The van der Waals surface area contributed by atoms with E-state index >= 15 is 0 Å². The molecule has 1 N–H and O–H groups in total. The predicted molar refractivity (Wildman–Crippen MR) is 101 cm³/mol. The average Bonchev–Trinajstić information content (AvgIpc) is 3.11. The zero-order valence-electron chi connectivity index (χ0n) is 14.8. The maximum absolute atomic E-state index is 12.4. The Bertz CT molecular complexity index is 1010. The number of hydrogen-bond acceptors (Lipinski definition) is 6. The minimum absolute atomic E-state index is 0.0999. The van der Waals surface area contributed by atoms with E-state index in [1.165, 1.54) is 5.06 Å². The van der Waals surface area contributed by atoms with E-state index in [0.717, 1.165) is 22.7 Å². The van der Waals surface area contributed by atoms with E-state index in [9.17, 15) is 13.2 Å². The van der Waals surface area contributed by atoms with Gasteiger partial charge in [0.15, 0.2) is 0 Å². The van der Waals surface area contributed by atoms with Crippen LogP contribution in [0.2, 0.25) is 0 Å². The van der Waals surface area contributed by atoms with Crippen LogP contribution in [0.3, 0.4) is 0 Å². The Hall–Kier alpha value is -2.68. The number of fused-ring (bicyclic) bond motifs is 1. The molecule has 142 valence electrons. The molecule has 7 nitrogen and oxygen atoms in total. The summed E-state index contributed by atoms with van der Waals surface area (Å²) in [6, 6.07) is 16.4. The quantitative estimate of drug-likeness (QED) is 0.471. The number of H-pyrrole nitrogens is 1. The Balaban J connectivity index is 1.76. The SMILES string of the molecule is CS(=O)(=O)OCCN(Cc1cccc2cc[nH]c12)OC(=O)c1ccccc1. The Morgan fingerprint density at radius 2 is 1.85 bits per heavy atom. The average molecular weight is 388 g/mol. The number of aromatic amines is 1. The fourth-order valence-electron chi connectivity index (χ4n) is 2.66. The van der Waals surface area contributed by atoms with Crippen molar-refractivity contribution in [2.75, 3.05) is 19.4 Å². The summed E-state index contributed by atoms with van der Waals surface area (Å²) in [6.07, 6.45) is 2.81. The van der Waals surface area contributed by atoms with Gasteiger partial charge in [-0.1, -0.05) is 36.4 Å². The number of carbonyl (C=O) groups excluding carboxylic acids is 1. The highest BCUT2D eigenvalue weighted by atomic mass is 32.2. The summed E-state index contributed by atoms with van der Waals surface area (Å²) in [5.74, 6) is -0.520. The van der Waals surface area contributed by atoms with Crippen LogP contribution >= 0.6 is 0 Å². The van der Waals surface area contributed by atoms with Crippen molar-refractivity contribution in [1.82, 2.24) is 10.0 Å². The summed E-state index contributed by atoms with van der Waals surface area (Å²) in [6.45, 7) is 0.258. The highest BCUT2D eigenvalue weighted by Crippen LogP contribution is 2.19. The van der Waals surface area contributed by atoms with Crippen LogP contribution in [-0.2, 0) is 25.7 Å². The van der Waals surface area contributed by atoms with E-state index in [1.807, 2.05) is 30.5 Å². The third-order valence-electron chi connectivity index (χ3n) is 3.88. The number of aromatic nitrogens is 1. The summed E-state index contributed by atoms with van der Waals surface area (Å²) >= 11 is 0. The second-order valence-electron chi connectivity index (χ2n) is 5.99. The monoisotopic (exact) mass is 388 g/mol. The van der Waals surface area contributed by atoms with Gasteiger partial charge in [0.25, 0.3) is 10.1 Å². The second-order valence-corrected chi connectivity index (χ2v) is 7.64. The van der Waals surface area contributed by atoms with Crippen molar-refractivity contribution in [2.24, 2.45) is 0 Å². The van der Waals surface area contributed by atoms with Crippen LogP contribution in [0.4, 0.5) is 0 Å². The highest BCUT2D eigenvalue weighted by Gasteiger charge is 2.17. The van der Waals surface area contributed by atoms with Crippen LogP contribution in [-0.4, -0.2) is 43.8 Å². The van der Waals surface area contributed by atoms with Gasteiger partial charge in [-0.05, 0) is 29.1 Å². The summed E-state index contributed by atoms with van der Waals surface area (Å²) in [7, 11) is -3.57. The van der Waals surface area contributed by atoms with Gasteiger partial charge in [0.05, 0.1) is 37.0 Å². The summed E-state index contributed by atoms with van der Waals surface area (Å²) in [4.78, 5) is 21.0. The number of hydrogen-bond donors (Lipinski definition) is 1. The van der Waals surface area contributed by atoms with E-state index < -0.39 is 16.1 Å². The van der Waals surface area contributed by atoms with Crippen LogP contribution in [0.15, 0.2) is 60.8 Å². The van der Waals surface area contributed by atoms with E-state index in [0.29, 0.717) is 5.56 Å². The maximum Gasteiger partial charge on any atom is 0.357 e. The lowest BCUT2D eigenvalue weighted by molar-refractivity contribution is -0.120. The lowest BCUT2D eigenvalue weighted by Crippen LogP contribution is -2.31. The lowest BCUT2D eigenvalue weighted by atomic mass is 10.1. The minimum atomic E-state index is -3.57. The Morgan fingerprint density at radius 1 is 1.07 bits per heavy atom. The number of hydroxylamine groups is 2. The van der Waals surface area contributed by atoms with Gasteiger partial charge < -0.3 is 9.82 Å². The van der Waals surface area contributed by atoms with Crippen molar-refractivity contribution in [1.29, 1.82) is 0 Å². The molecule has 3 aromatic rings. The first-order chi connectivity index (χ1) is 12.9. The number of benzene rings is 2. The largest absolute Gasteiger partial charge is 0.363 e. The molecule has 2 aromatic carbocycles. The van der Waals surface area contributed by atoms with Gasteiger partial charge in [-0.3, -0.25) is 4.18 Å². The molecule has 0 aliphatic carbocycles. The van der Waals surface area contributed by atoms with E-state index in [4.69, 9.17) is 9.02 Å². The third kappa shape index (κ3) is 5.40. The molecule has 0 aliphatic heterocycles. The number of nitrogens with zero attached hydrogens (tertiary/aromatic N) is 1. The molecule has 0 saturated heterocycles. The molecule has 0 aliphatic rings. The van der Waals surface area contributed by atoms with E-state index in [-0.39, 0.29) is 19.7 Å². The van der Waals surface area contributed by atoms with E-state index in [1.54, 1.807) is 30.3 Å². The fourth-order valence-corrected chi connectivity index (χ4v) is 3.04. The molecule has 1 aromatic heterocycles. The zero-order valence-corrected chi connectivity index (χ0v) is 15.6. The standard InChI is InChI=1S/C19H20N2O5S/c1-27(23,24)25-13-12-21(26-19(22)16-6-3-2-4-7-16)14-17-9-5-8-15-10-11-20-18(15)17/h2-11,20H,12-14H2,1H3. The lowest BCUT2D eigenvalue weighted by Gasteiger charge is -2.21. The Morgan fingerprint density at radius 3 is 2.59 bits per heavy atom. The van der Waals surface area contributed by atoms with Crippen LogP contribution in [0.5, 0.6) is 0 Å². The fraction of sp³-hybridized carbons (Fsp3) is 0.211. The first-order valence-electron chi connectivity index (χ1n) is 8.34. The third-order valence-corrected chi connectivity index (χ3v) is 4.47. The minimum Gasteiger partial charge on any atom is -0.363 e. The Labute approximate surface area is 157 Å². The normalized spacial score (nSPS) is 11.8. The molecule has 0 atom stereocenters. The van der Waals surface area contributed by atoms with Crippen LogP contribution in [0.1, 0.15) is 15.9 Å². The van der Waals surface area contributed by atoms with Crippen LogP contribution in [0.25, 0.3) is 10.9 Å². The van der Waals surface area contributed by atoms with Crippen molar-refractivity contribution < 1.29 is 22.2 Å². The highest BCUT2D eigenvalue weighted by molar-refractivity contribution is 7.85. The molecule has 0 unspecified atom stereocenters. The maximum atomic E-state index is 12.4. The van der Waals surface area contributed by atoms with Gasteiger partial charge >= 0.3 is 5.97 Å².